The third-order valence-corrected chi connectivity index (χ3v) is 4.01. The molecule has 0 aliphatic heterocycles. The molecule has 0 saturated heterocycles. The summed E-state index contributed by atoms with van der Waals surface area (Å²) in [5.74, 6) is 0.700. The van der Waals surface area contributed by atoms with E-state index in [0.717, 1.165) is 24.2 Å². The first-order chi connectivity index (χ1) is 11.6. The highest BCUT2D eigenvalue weighted by Gasteiger charge is 2.00. The molecule has 2 aromatic carbocycles. The Balaban J connectivity index is 1.75. The average molecular weight is 364 g/mol. The summed E-state index contributed by atoms with van der Waals surface area (Å²) in [5, 5.41) is 3.94. The van der Waals surface area contributed by atoms with Crippen LogP contribution in [0.3, 0.4) is 0 Å². The average Bonchev–Trinajstić information content (AvgIpc) is 2.58. The number of aryl methyl sites for hydroxylation is 1. The van der Waals surface area contributed by atoms with Crippen molar-refractivity contribution in [1.29, 1.82) is 0 Å². The summed E-state index contributed by atoms with van der Waals surface area (Å²) in [6.45, 7) is 0.606. The Labute approximate surface area is 152 Å². The van der Waals surface area contributed by atoms with Gasteiger partial charge in [-0.15, -0.1) is 0 Å². The van der Waals surface area contributed by atoms with Gasteiger partial charge in [-0.2, -0.15) is 0 Å². The van der Waals surface area contributed by atoms with Crippen LogP contribution in [0.15, 0.2) is 48.5 Å². The van der Waals surface area contributed by atoms with Gasteiger partial charge in [-0.1, -0.05) is 41.4 Å². The number of benzene rings is 2. The number of halogens is 2. The lowest BCUT2D eigenvalue weighted by molar-refractivity contribution is -0.116. The zero-order valence-corrected chi connectivity index (χ0v) is 14.9. The molecule has 5 heteroatoms. The SMILES string of the molecule is COc1cccc(CCCNC(=O)/C=C/c2ccc(Cl)cc2Cl)c1. The lowest BCUT2D eigenvalue weighted by Crippen LogP contribution is -2.22. The van der Waals surface area contributed by atoms with Gasteiger partial charge in [-0.3, -0.25) is 4.79 Å². The maximum atomic E-state index is 11.8. The molecular formula is C19H19Cl2NO2. The quantitative estimate of drug-likeness (QED) is 0.568. The fraction of sp³-hybridized carbons (Fsp3) is 0.211. The Kier molecular flexibility index (Phi) is 7.16. The van der Waals surface area contributed by atoms with Gasteiger partial charge in [0.05, 0.1) is 7.11 Å². The molecule has 0 aliphatic carbocycles. The zero-order chi connectivity index (χ0) is 17.4. The number of carbonyl (C=O) groups excluding carboxylic acids is 1. The van der Waals surface area contributed by atoms with E-state index in [-0.39, 0.29) is 5.91 Å². The van der Waals surface area contributed by atoms with Crippen LogP contribution in [0, 0.1) is 0 Å². The molecule has 0 aliphatic rings. The number of hydrogen-bond donors (Lipinski definition) is 1. The predicted molar refractivity (Wildman–Crippen MR) is 99.8 cm³/mol. The fourth-order valence-corrected chi connectivity index (χ4v) is 2.66. The summed E-state index contributed by atoms with van der Waals surface area (Å²) in [7, 11) is 1.65. The smallest absolute Gasteiger partial charge is 0.244 e. The summed E-state index contributed by atoms with van der Waals surface area (Å²) in [4.78, 5) is 11.8. The van der Waals surface area contributed by atoms with E-state index in [2.05, 4.69) is 5.32 Å². The molecule has 0 aromatic heterocycles. The van der Waals surface area contributed by atoms with Gasteiger partial charge < -0.3 is 10.1 Å². The highest BCUT2D eigenvalue weighted by atomic mass is 35.5. The summed E-state index contributed by atoms with van der Waals surface area (Å²) in [6, 6.07) is 13.1. The summed E-state index contributed by atoms with van der Waals surface area (Å²) >= 11 is 11.9. The second-order valence-corrected chi connectivity index (χ2v) is 6.09. The van der Waals surface area contributed by atoms with Gasteiger partial charge in [0.1, 0.15) is 5.75 Å². The van der Waals surface area contributed by atoms with E-state index in [1.54, 1.807) is 31.4 Å². The van der Waals surface area contributed by atoms with Gasteiger partial charge in [-0.05, 0) is 54.3 Å². The normalized spacial score (nSPS) is 10.8. The standard InChI is InChI=1S/C19H19Cl2NO2/c1-24-17-6-2-4-14(12-17)5-3-11-22-19(23)10-8-15-7-9-16(20)13-18(15)21/h2,4,6-10,12-13H,3,5,11H2,1H3,(H,22,23)/b10-8+. The molecule has 0 radical (unpaired) electrons. The van der Waals surface area contributed by atoms with E-state index in [4.69, 9.17) is 27.9 Å². The van der Waals surface area contributed by atoms with Crippen LogP contribution in [0.1, 0.15) is 17.5 Å². The highest BCUT2D eigenvalue weighted by molar-refractivity contribution is 6.35. The molecule has 3 nitrogen and oxygen atoms in total. The molecule has 0 heterocycles. The van der Waals surface area contributed by atoms with E-state index in [0.29, 0.717) is 16.6 Å². The lowest BCUT2D eigenvalue weighted by Gasteiger charge is -2.05. The van der Waals surface area contributed by atoms with Crippen molar-refractivity contribution in [2.75, 3.05) is 13.7 Å². The molecule has 24 heavy (non-hydrogen) atoms. The van der Waals surface area contributed by atoms with Crippen molar-refractivity contribution >= 4 is 35.2 Å². The van der Waals surface area contributed by atoms with Crippen LogP contribution < -0.4 is 10.1 Å². The van der Waals surface area contributed by atoms with E-state index >= 15 is 0 Å². The van der Waals surface area contributed by atoms with Crippen LogP contribution in [-0.2, 0) is 11.2 Å². The van der Waals surface area contributed by atoms with Gasteiger partial charge in [0.15, 0.2) is 0 Å². The van der Waals surface area contributed by atoms with Crippen molar-refractivity contribution in [3.63, 3.8) is 0 Å². The number of amides is 1. The topological polar surface area (TPSA) is 38.3 Å². The van der Waals surface area contributed by atoms with E-state index in [9.17, 15) is 4.79 Å². The Bertz CT molecular complexity index is 729. The van der Waals surface area contributed by atoms with Gasteiger partial charge in [0.25, 0.3) is 0 Å². The first-order valence-corrected chi connectivity index (χ1v) is 8.38. The van der Waals surface area contributed by atoms with E-state index < -0.39 is 0 Å². The van der Waals surface area contributed by atoms with Crippen molar-refractivity contribution in [2.45, 2.75) is 12.8 Å². The van der Waals surface area contributed by atoms with Crippen LogP contribution >= 0.6 is 23.2 Å². The Morgan fingerprint density at radius 1 is 1.21 bits per heavy atom. The Morgan fingerprint density at radius 2 is 2.04 bits per heavy atom. The molecule has 0 saturated carbocycles. The second kappa shape index (κ2) is 9.36. The number of rotatable bonds is 7. The van der Waals surface area contributed by atoms with Crippen molar-refractivity contribution in [1.82, 2.24) is 5.32 Å². The van der Waals surface area contributed by atoms with Crippen LogP contribution in [0.5, 0.6) is 5.75 Å². The van der Waals surface area contributed by atoms with Gasteiger partial charge in [-0.25, -0.2) is 0 Å². The summed E-state index contributed by atoms with van der Waals surface area (Å²) < 4.78 is 5.19. The molecule has 0 bridgehead atoms. The predicted octanol–water partition coefficient (Wildman–Crippen LogP) is 4.76. The third kappa shape index (κ3) is 5.91. The van der Waals surface area contributed by atoms with Crippen LogP contribution in [0.4, 0.5) is 0 Å². The van der Waals surface area contributed by atoms with Crippen molar-refractivity contribution in [3.8, 4) is 5.75 Å². The number of ether oxygens (including phenoxy) is 1. The third-order valence-electron chi connectivity index (χ3n) is 3.45. The molecule has 2 rings (SSSR count). The van der Waals surface area contributed by atoms with Crippen molar-refractivity contribution in [2.24, 2.45) is 0 Å². The largest absolute Gasteiger partial charge is 0.497 e. The highest BCUT2D eigenvalue weighted by Crippen LogP contribution is 2.21. The zero-order valence-electron chi connectivity index (χ0n) is 13.4. The van der Waals surface area contributed by atoms with E-state index in [1.807, 2.05) is 24.3 Å². The minimum atomic E-state index is -0.147. The summed E-state index contributed by atoms with van der Waals surface area (Å²) in [5.41, 5.74) is 1.94. The molecule has 0 atom stereocenters. The maximum absolute atomic E-state index is 11.8. The number of methoxy groups -OCH3 is 1. The van der Waals surface area contributed by atoms with Crippen LogP contribution in [0.25, 0.3) is 6.08 Å². The minimum absolute atomic E-state index is 0.147. The number of nitrogens with one attached hydrogen (secondary N) is 1. The molecule has 0 spiro atoms. The van der Waals surface area contributed by atoms with Crippen molar-refractivity contribution < 1.29 is 9.53 Å². The Morgan fingerprint density at radius 3 is 2.79 bits per heavy atom. The van der Waals surface area contributed by atoms with Crippen LogP contribution in [-0.4, -0.2) is 19.6 Å². The number of hydrogen-bond acceptors (Lipinski definition) is 2. The first kappa shape index (κ1) is 18.4. The van der Waals surface area contributed by atoms with Crippen LogP contribution in [0.2, 0.25) is 10.0 Å². The van der Waals surface area contributed by atoms with Gasteiger partial charge in [0, 0.05) is 22.7 Å². The fourth-order valence-electron chi connectivity index (χ4n) is 2.19. The van der Waals surface area contributed by atoms with Gasteiger partial charge >= 0.3 is 0 Å². The first-order valence-electron chi connectivity index (χ1n) is 7.62. The van der Waals surface area contributed by atoms with E-state index in [1.165, 1.54) is 11.6 Å². The maximum Gasteiger partial charge on any atom is 0.244 e. The molecule has 2 aromatic rings. The minimum Gasteiger partial charge on any atom is -0.497 e. The second-order valence-electron chi connectivity index (χ2n) is 5.25. The molecule has 126 valence electrons. The molecule has 1 amide bonds. The molecular weight excluding hydrogens is 345 g/mol. The summed E-state index contributed by atoms with van der Waals surface area (Å²) in [6.07, 6.45) is 4.88. The number of carbonyl (C=O) groups is 1. The van der Waals surface area contributed by atoms with Gasteiger partial charge in [0.2, 0.25) is 5.91 Å². The Hall–Kier alpha value is -1.97. The monoisotopic (exact) mass is 363 g/mol. The van der Waals surface area contributed by atoms with Crippen molar-refractivity contribution in [3.05, 3.63) is 69.7 Å². The molecule has 1 N–H and O–H groups in total. The molecule has 0 unspecified atom stereocenters. The lowest BCUT2D eigenvalue weighted by atomic mass is 10.1. The molecule has 0 fully saturated rings.